The van der Waals surface area contributed by atoms with Crippen molar-refractivity contribution >= 4 is 17.8 Å². The van der Waals surface area contributed by atoms with Gasteiger partial charge in [0, 0.05) is 22.8 Å². The van der Waals surface area contributed by atoms with Gasteiger partial charge in [-0.1, -0.05) is 30.7 Å². The third-order valence-electron chi connectivity index (χ3n) is 5.51. The van der Waals surface area contributed by atoms with Gasteiger partial charge in [0.15, 0.2) is 0 Å². The van der Waals surface area contributed by atoms with Gasteiger partial charge in [-0.25, -0.2) is 5.43 Å². The summed E-state index contributed by atoms with van der Waals surface area (Å²) in [7, 11) is 0. The normalized spacial score (nSPS) is 18.4. The van der Waals surface area contributed by atoms with Gasteiger partial charge < -0.3 is 4.90 Å². The van der Waals surface area contributed by atoms with Crippen LogP contribution in [0.15, 0.2) is 47.6 Å². The summed E-state index contributed by atoms with van der Waals surface area (Å²) in [6, 6.07) is 14.4. The highest BCUT2D eigenvalue weighted by atomic mass is 16.2. The Kier molecular flexibility index (Phi) is 5.59. The number of benzene rings is 2. The highest BCUT2D eigenvalue weighted by Gasteiger charge is 2.37. The Morgan fingerprint density at radius 1 is 1.21 bits per heavy atom. The van der Waals surface area contributed by atoms with Gasteiger partial charge in [-0.2, -0.15) is 5.10 Å². The average molecular weight is 378 g/mol. The van der Waals surface area contributed by atoms with Crippen LogP contribution in [0.4, 0.5) is 5.69 Å². The van der Waals surface area contributed by atoms with Crippen LogP contribution in [0.3, 0.4) is 0 Å². The third-order valence-corrected chi connectivity index (χ3v) is 5.51. The summed E-state index contributed by atoms with van der Waals surface area (Å²) in [5, 5.41) is 4.16. The van der Waals surface area contributed by atoms with Crippen LogP contribution in [-0.2, 0) is 0 Å². The number of hydrazone groups is 1. The van der Waals surface area contributed by atoms with E-state index in [4.69, 9.17) is 0 Å². The number of amides is 1. The molecule has 1 aliphatic heterocycles. The van der Waals surface area contributed by atoms with Gasteiger partial charge in [-0.15, -0.1) is 0 Å². The molecule has 148 valence electrons. The van der Waals surface area contributed by atoms with E-state index in [0.717, 1.165) is 17.5 Å². The average Bonchev–Trinajstić information content (AvgIpc) is 2.61. The molecule has 1 atom stereocenters. The first-order valence-corrected chi connectivity index (χ1v) is 10.0. The van der Waals surface area contributed by atoms with Gasteiger partial charge >= 0.3 is 0 Å². The van der Waals surface area contributed by atoms with E-state index in [1.54, 1.807) is 6.21 Å². The van der Waals surface area contributed by atoms with Crippen LogP contribution in [-0.4, -0.2) is 23.7 Å². The summed E-state index contributed by atoms with van der Waals surface area (Å²) < 4.78 is 0. The molecule has 3 rings (SSSR count). The lowest BCUT2D eigenvalue weighted by atomic mass is 9.79. The molecule has 4 heteroatoms. The highest BCUT2D eigenvalue weighted by Crippen LogP contribution is 2.44. The first kappa shape index (κ1) is 20.1. The minimum atomic E-state index is -0.199. The van der Waals surface area contributed by atoms with Gasteiger partial charge in [0.1, 0.15) is 0 Å². The van der Waals surface area contributed by atoms with E-state index in [0.29, 0.717) is 17.5 Å². The predicted molar refractivity (Wildman–Crippen MR) is 117 cm³/mol. The quantitative estimate of drug-likeness (QED) is 0.583. The van der Waals surface area contributed by atoms with Crippen LogP contribution in [0.25, 0.3) is 0 Å². The van der Waals surface area contributed by atoms with Crippen molar-refractivity contribution in [1.82, 2.24) is 5.43 Å². The fourth-order valence-electron chi connectivity index (χ4n) is 4.46. The second-order valence-electron chi connectivity index (χ2n) is 8.76. The number of nitrogens with zero attached hydrogens (tertiary/aromatic N) is 2. The van der Waals surface area contributed by atoms with E-state index in [2.05, 4.69) is 68.2 Å². The maximum Gasteiger partial charge on any atom is 0.271 e. The van der Waals surface area contributed by atoms with Gasteiger partial charge in [-0.3, -0.25) is 4.79 Å². The number of fused-ring (bicyclic) bond motifs is 1. The predicted octanol–water partition coefficient (Wildman–Crippen LogP) is 5.26. The highest BCUT2D eigenvalue weighted by molar-refractivity contribution is 5.95. The molecule has 0 fully saturated rings. The lowest BCUT2D eigenvalue weighted by Gasteiger charge is -2.50. The Morgan fingerprint density at radius 3 is 2.54 bits per heavy atom. The summed E-state index contributed by atoms with van der Waals surface area (Å²) in [5.41, 5.74) is 8.14. The molecule has 2 aromatic carbocycles. The molecule has 0 radical (unpaired) electrons. The minimum absolute atomic E-state index is 0.137. The van der Waals surface area contributed by atoms with Crippen molar-refractivity contribution < 1.29 is 4.79 Å². The number of rotatable bonds is 4. The van der Waals surface area contributed by atoms with Crippen LogP contribution in [0.5, 0.6) is 0 Å². The number of hydrogen-bond acceptors (Lipinski definition) is 3. The van der Waals surface area contributed by atoms with E-state index in [-0.39, 0.29) is 11.4 Å². The molecule has 0 saturated carbocycles. The summed E-state index contributed by atoms with van der Waals surface area (Å²) >= 11 is 0. The zero-order valence-electron chi connectivity index (χ0n) is 17.8. The monoisotopic (exact) mass is 377 g/mol. The lowest BCUT2D eigenvalue weighted by Crippen LogP contribution is -2.51. The molecule has 0 saturated heterocycles. The second-order valence-corrected chi connectivity index (χ2v) is 8.76. The molecule has 0 unspecified atom stereocenters. The smallest absolute Gasteiger partial charge is 0.271 e. The first-order valence-electron chi connectivity index (χ1n) is 10.0. The molecule has 1 amide bonds. The number of aryl methyl sites for hydroxylation is 1. The van der Waals surface area contributed by atoms with Crippen LogP contribution in [0, 0.1) is 6.92 Å². The van der Waals surface area contributed by atoms with E-state index < -0.39 is 0 Å². The van der Waals surface area contributed by atoms with Crippen molar-refractivity contribution in [3.63, 3.8) is 0 Å². The van der Waals surface area contributed by atoms with E-state index in [9.17, 15) is 4.79 Å². The Morgan fingerprint density at radius 2 is 1.89 bits per heavy atom. The lowest BCUT2D eigenvalue weighted by molar-refractivity contribution is 0.0955. The summed E-state index contributed by atoms with van der Waals surface area (Å²) in [5.74, 6) is 0.283. The summed E-state index contributed by atoms with van der Waals surface area (Å²) in [6.07, 6.45) is 2.83. The van der Waals surface area contributed by atoms with Crippen molar-refractivity contribution in [2.24, 2.45) is 5.10 Å². The molecular weight excluding hydrogens is 346 g/mol. The molecule has 0 bridgehead atoms. The molecular formula is C24H31N3O. The van der Waals surface area contributed by atoms with Crippen molar-refractivity contribution in [3.8, 4) is 0 Å². The number of anilines is 1. The van der Waals surface area contributed by atoms with Crippen LogP contribution >= 0.6 is 0 Å². The molecule has 0 aromatic heterocycles. The van der Waals surface area contributed by atoms with E-state index >= 15 is 0 Å². The number of hydrogen-bond donors (Lipinski definition) is 1. The molecule has 28 heavy (non-hydrogen) atoms. The Bertz CT molecular complexity index is 881. The Labute approximate surface area is 168 Å². The minimum Gasteiger partial charge on any atom is -0.364 e. The largest absolute Gasteiger partial charge is 0.364 e. The number of carbonyl (C=O) groups is 1. The number of carbonyl (C=O) groups excluding carboxylic acids is 1. The molecule has 2 aromatic rings. The summed E-state index contributed by atoms with van der Waals surface area (Å²) in [6.45, 7) is 13.4. The molecule has 0 aliphatic carbocycles. The zero-order valence-corrected chi connectivity index (χ0v) is 17.8. The van der Waals surface area contributed by atoms with Gasteiger partial charge in [0.2, 0.25) is 0 Å². The molecule has 1 heterocycles. The van der Waals surface area contributed by atoms with Crippen molar-refractivity contribution in [2.75, 3.05) is 4.90 Å². The number of nitrogens with one attached hydrogen (secondary N) is 1. The Hall–Kier alpha value is -2.62. The summed E-state index contributed by atoms with van der Waals surface area (Å²) in [4.78, 5) is 14.7. The van der Waals surface area contributed by atoms with Crippen LogP contribution < -0.4 is 10.3 Å². The third kappa shape index (κ3) is 4.11. The maximum atomic E-state index is 12.2. The van der Waals surface area contributed by atoms with Crippen molar-refractivity contribution in [2.45, 2.75) is 65.5 Å². The Balaban J connectivity index is 1.78. The fraction of sp³-hybridized carbons (Fsp3) is 0.417. The topological polar surface area (TPSA) is 44.7 Å². The molecule has 0 spiro atoms. The second kappa shape index (κ2) is 7.78. The molecule has 1 N–H and O–H groups in total. The van der Waals surface area contributed by atoms with Crippen molar-refractivity contribution in [3.05, 3.63) is 64.7 Å². The fourth-order valence-corrected chi connectivity index (χ4v) is 4.46. The molecule has 4 nitrogen and oxygen atoms in total. The zero-order chi connectivity index (χ0) is 20.5. The van der Waals surface area contributed by atoms with Crippen LogP contribution in [0.1, 0.15) is 74.0 Å². The SMILES string of the molecule is Cc1ccc(C(=O)N/N=C\c2ccc3c(c2)[C@H](C)CC(C)(C)N3C(C)C)cc1. The van der Waals surface area contributed by atoms with Crippen molar-refractivity contribution in [1.29, 1.82) is 0 Å². The first-order chi connectivity index (χ1) is 13.2. The standard InChI is InChI=1S/C24H31N3O/c1-16(2)27-22-12-9-19(13-21(22)18(4)14-24(27,5)6)15-25-26-23(28)20-10-7-17(3)8-11-20/h7-13,15-16,18H,14H2,1-6H3,(H,26,28)/b25-15-/t18-/m1/s1. The van der Waals surface area contributed by atoms with Gasteiger partial charge in [0.05, 0.1) is 6.21 Å². The van der Waals surface area contributed by atoms with Gasteiger partial charge in [0.25, 0.3) is 5.91 Å². The van der Waals surface area contributed by atoms with E-state index in [1.807, 2.05) is 31.2 Å². The maximum absolute atomic E-state index is 12.2. The molecule has 1 aliphatic rings. The van der Waals surface area contributed by atoms with Gasteiger partial charge in [-0.05, 0) is 82.3 Å². The van der Waals surface area contributed by atoms with Crippen LogP contribution in [0.2, 0.25) is 0 Å². The van der Waals surface area contributed by atoms with E-state index in [1.165, 1.54) is 11.3 Å².